The summed E-state index contributed by atoms with van der Waals surface area (Å²) in [5.74, 6) is 1.94. The molecule has 2 amide bonds. The molecule has 1 unspecified atom stereocenters. The molecule has 2 aliphatic rings. The number of amides is 2. The molecule has 0 aromatic heterocycles. The molecule has 0 saturated carbocycles. The Balaban J connectivity index is 1.85. The topological polar surface area (TPSA) is 49.9 Å². The SMILES string of the molecule is C=CC(=O)N1CCOC(/C=C/C(=O)N2CCSCC2)C1. The first-order valence-electron chi connectivity index (χ1n) is 6.78. The first kappa shape index (κ1) is 15.1. The van der Waals surface area contributed by atoms with E-state index in [1.54, 1.807) is 17.1 Å². The van der Waals surface area contributed by atoms with Gasteiger partial charge in [0.1, 0.15) is 0 Å². The highest BCUT2D eigenvalue weighted by Gasteiger charge is 2.21. The molecule has 0 N–H and O–H groups in total. The van der Waals surface area contributed by atoms with E-state index in [1.807, 2.05) is 16.7 Å². The zero-order valence-electron chi connectivity index (χ0n) is 11.5. The van der Waals surface area contributed by atoms with Crippen LogP contribution in [-0.4, -0.2) is 72.0 Å². The lowest BCUT2D eigenvalue weighted by atomic mass is 10.2. The van der Waals surface area contributed by atoms with Gasteiger partial charge in [0.2, 0.25) is 11.8 Å². The van der Waals surface area contributed by atoms with Gasteiger partial charge in [0.05, 0.1) is 19.3 Å². The fraction of sp³-hybridized carbons (Fsp3) is 0.571. The minimum absolute atomic E-state index is 0.0288. The van der Waals surface area contributed by atoms with Gasteiger partial charge in [-0.05, 0) is 12.2 Å². The molecular weight excluding hydrogens is 276 g/mol. The smallest absolute Gasteiger partial charge is 0.246 e. The van der Waals surface area contributed by atoms with Crippen molar-refractivity contribution in [1.29, 1.82) is 0 Å². The summed E-state index contributed by atoms with van der Waals surface area (Å²) in [6, 6.07) is 0. The van der Waals surface area contributed by atoms with E-state index in [1.165, 1.54) is 6.08 Å². The number of carbonyl (C=O) groups is 2. The molecule has 20 heavy (non-hydrogen) atoms. The fourth-order valence-electron chi connectivity index (χ4n) is 2.20. The number of carbonyl (C=O) groups excluding carboxylic acids is 2. The Labute approximate surface area is 123 Å². The van der Waals surface area contributed by atoms with Gasteiger partial charge in [-0.3, -0.25) is 9.59 Å². The number of thioether (sulfide) groups is 1. The van der Waals surface area contributed by atoms with Crippen molar-refractivity contribution in [2.24, 2.45) is 0 Å². The lowest BCUT2D eigenvalue weighted by Gasteiger charge is -2.31. The van der Waals surface area contributed by atoms with E-state index in [9.17, 15) is 9.59 Å². The molecule has 2 heterocycles. The molecule has 1 atom stereocenters. The van der Waals surface area contributed by atoms with Gasteiger partial charge >= 0.3 is 0 Å². The predicted molar refractivity (Wildman–Crippen MR) is 79.6 cm³/mol. The van der Waals surface area contributed by atoms with E-state index in [0.29, 0.717) is 19.7 Å². The monoisotopic (exact) mass is 296 g/mol. The van der Waals surface area contributed by atoms with Crippen LogP contribution in [0.3, 0.4) is 0 Å². The van der Waals surface area contributed by atoms with Crippen LogP contribution in [0.15, 0.2) is 24.8 Å². The maximum atomic E-state index is 12.0. The van der Waals surface area contributed by atoms with Gasteiger partial charge in [-0.1, -0.05) is 6.58 Å². The zero-order valence-corrected chi connectivity index (χ0v) is 12.3. The second-order valence-corrected chi connectivity index (χ2v) is 5.92. The van der Waals surface area contributed by atoms with Gasteiger partial charge in [0.15, 0.2) is 0 Å². The van der Waals surface area contributed by atoms with Crippen molar-refractivity contribution in [3.8, 4) is 0 Å². The minimum atomic E-state index is -0.212. The Bertz CT molecular complexity index is 405. The molecule has 2 aliphatic heterocycles. The summed E-state index contributed by atoms with van der Waals surface area (Å²) < 4.78 is 5.55. The summed E-state index contributed by atoms with van der Waals surface area (Å²) in [7, 11) is 0. The van der Waals surface area contributed by atoms with Gasteiger partial charge in [-0.2, -0.15) is 11.8 Å². The number of ether oxygens (including phenoxy) is 1. The van der Waals surface area contributed by atoms with Gasteiger partial charge in [-0.25, -0.2) is 0 Å². The van der Waals surface area contributed by atoms with Crippen LogP contribution in [0.25, 0.3) is 0 Å². The number of rotatable bonds is 3. The normalized spacial score (nSPS) is 23.9. The molecule has 5 nitrogen and oxygen atoms in total. The zero-order chi connectivity index (χ0) is 14.4. The predicted octanol–water partition coefficient (Wildman–Crippen LogP) is 0.531. The van der Waals surface area contributed by atoms with E-state index < -0.39 is 0 Å². The molecule has 0 bridgehead atoms. The van der Waals surface area contributed by atoms with E-state index in [4.69, 9.17) is 4.74 Å². The summed E-state index contributed by atoms with van der Waals surface area (Å²) in [5, 5.41) is 0. The molecule has 0 aromatic rings. The fourth-order valence-corrected chi connectivity index (χ4v) is 3.10. The van der Waals surface area contributed by atoms with Crippen molar-refractivity contribution in [3.63, 3.8) is 0 Å². The highest BCUT2D eigenvalue weighted by atomic mass is 32.2. The Morgan fingerprint density at radius 2 is 1.90 bits per heavy atom. The highest BCUT2D eigenvalue weighted by Crippen LogP contribution is 2.11. The van der Waals surface area contributed by atoms with Gasteiger partial charge < -0.3 is 14.5 Å². The summed E-state index contributed by atoms with van der Waals surface area (Å²) in [4.78, 5) is 27.1. The second-order valence-electron chi connectivity index (χ2n) is 4.69. The average molecular weight is 296 g/mol. The minimum Gasteiger partial charge on any atom is -0.370 e. The molecule has 2 saturated heterocycles. The van der Waals surface area contributed by atoms with Crippen LogP contribution in [0.5, 0.6) is 0 Å². The molecule has 0 aromatic carbocycles. The van der Waals surface area contributed by atoms with Crippen LogP contribution in [0, 0.1) is 0 Å². The van der Waals surface area contributed by atoms with Crippen LogP contribution >= 0.6 is 11.8 Å². The van der Waals surface area contributed by atoms with Crippen LogP contribution in [0.1, 0.15) is 0 Å². The summed E-state index contributed by atoms with van der Waals surface area (Å²) in [6.45, 7) is 6.64. The summed E-state index contributed by atoms with van der Waals surface area (Å²) in [6.07, 6.45) is 4.42. The van der Waals surface area contributed by atoms with Crippen molar-refractivity contribution in [2.75, 3.05) is 44.3 Å². The van der Waals surface area contributed by atoms with Crippen molar-refractivity contribution in [3.05, 3.63) is 24.8 Å². The van der Waals surface area contributed by atoms with Crippen LogP contribution in [0.4, 0.5) is 0 Å². The number of hydrogen-bond acceptors (Lipinski definition) is 4. The third-order valence-electron chi connectivity index (χ3n) is 3.36. The third-order valence-corrected chi connectivity index (χ3v) is 4.30. The maximum Gasteiger partial charge on any atom is 0.246 e. The maximum absolute atomic E-state index is 12.0. The lowest BCUT2D eigenvalue weighted by molar-refractivity contribution is -0.131. The van der Waals surface area contributed by atoms with Crippen molar-refractivity contribution in [2.45, 2.75) is 6.10 Å². The molecule has 2 fully saturated rings. The number of hydrogen-bond donors (Lipinski definition) is 0. The summed E-state index contributed by atoms with van der Waals surface area (Å²) >= 11 is 1.87. The molecule has 110 valence electrons. The number of morpholine rings is 1. The van der Waals surface area contributed by atoms with Crippen LogP contribution in [0.2, 0.25) is 0 Å². The first-order valence-corrected chi connectivity index (χ1v) is 7.94. The average Bonchev–Trinajstić information content (AvgIpc) is 2.53. The molecule has 0 radical (unpaired) electrons. The molecule has 0 aliphatic carbocycles. The van der Waals surface area contributed by atoms with Crippen molar-refractivity contribution < 1.29 is 14.3 Å². The molecular formula is C14H20N2O3S. The lowest BCUT2D eigenvalue weighted by Crippen LogP contribution is -2.44. The Hall–Kier alpha value is -1.27. The van der Waals surface area contributed by atoms with Crippen molar-refractivity contribution in [1.82, 2.24) is 9.80 Å². The third kappa shape index (κ3) is 4.11. The second kappa shape index (κ2) is 7.50. The largest absolute Gasteiger partial charge is 0.370 e. The Morgan fingerprint density at radius 3 is 2.60 bits per heavy atom. The van der Waals surface area contributed by atoms with Crippen LogP contribution in [-0.2, 0) is 14.3 Å². The van der Waals surface area contributed by atoms with E-state index in [2.05, 4.69) is 6.58 Å². The quantitative estimate of drug-likeness (QED) is 0.713. The van der Waals surface area contributed by atoms with Gasteiger partial charge in [0.25, 0.3) is 0 Å². The Kier molecular flexibility index (Phi) is 5.67. The van der Waals surface area contributed by atoms with Crippen molar-refractivity contribution >= 4 is 23.6 Å². The van der Waals surface area contributed by atoms with Gasteiger partial charge in [0, 0.05) is 37.2 Å². The van der Waals surface area contributed by atoms with E-state index >= 15 is 0 Å². The van der Waals surface area contributed by atoms with E-state index in [-0.39, 0.29) is 17.9 Å². The van der Waals surface area contributed by atoms with Gasteiger partial charge in [-0.15, -0.1) is 0 Å². The Morgan fingerprint density at radius 1 is 1.15 bits per heavy atom. The molecule has 6 heteroatoms. The first-order chi connectivity index (χ1) is 9.70. The summed E-state index contributed by atoms with van der Waals surface area (Å²) in [5.41, 5.74) is 0. The highest BCUT2D eigenvalue weighted by molar-refractivity contribution is 7.99. The number of nitrogens with zero attached hydrogens (tertiary/aromatic N) is 2. The molecule has 2 rings (SSSR count). The standard InChI is InChI=1S/C14H20N2O3S/c1-2-13(17)16-5-8-19-12(11-16)3-4-14(18)15-6-9-20-10-7-15/h2-4,12H,1,5-11H2/b4-3+. The van der Waals surface area contributed by atoms with E-state index in [0.717, 1.165) is 24.6 Å². The van der Waals surface area contributed by atoms with Crippen LogP contribution < -0.4 is 0 Å². The molecule has 0 spiro atoms.